The van der Waals surface area contributed by atoms with Crippen molar-refractivity contribution in [1.29, 1.82) is 0 Å². The van der Waals surface area contributed by atoms with Crippen LogP contribution in [0.25, 0.3) is 22.0 Å². The molecule has 3 aromatic rings. The van der Waals surface area contributed by atoms with Gasteiger partial charge in [0, 0.05) is 49.6 Å². The molecule has 0 radical (unpaired) electrons. The van der Waals surface area contributed by atoms with Gasteiger partial charge in [0.2, 0.25) is 6.79 Å². The molecule has 1 aromatic heterocycles. The fourth-order valence-corrected chi connectivity index (χ4v) is 5.31. The third-order valence-electron chi connectivity index (χ3n) is 7.01. The summed E-state index contributed by atoms with van der Waals surface area (Å²) in [7, 11) is 1.44. The summed E-state index contributed by atoms with van der Waals surface area (Å²) in [4.78, 5) is 41.8. The van der Waals surface area contributed by atoms with E-state index >= 15 is 0 Å². The van der Waals surface area contributed by atoms with E-state index in [2.05, 4.69) is 4.90 Å². The maximum atomic E-state index is 13.9. The minimum absolute atomic E-state index is 0.0783. The Morgan fingerprint density at radius 3 is 2.35 bits per heavy atom. The molecule has 0 spiro atoms. The van der Waals surface area contributed by atoms with Gasteiger partial charge in [-0.1, -0.05) is 0 Å². The van der Waals surface area contributed by atoms with Crippen molar-refractivity contribution < 1.29 is 33.3 Å². The van der Waals surface area contributed by atoms with Crippen LogP contribution in [0.5, 0.6) is 23.0 Å². The molecule has 1 aliphatic carbocycles. The lowest BCUT2D eigenvalue weighted by atomic mass is 10.0. The van der Waals surface area contributed by atoms with Crippen molar-refractivity contribution in [2.75, 3.05) is 46.8 Å². The first-order valence-electron chi connectivity index (χ1n) is 12.2. The number of fused-ring (bicyclic) bond motifs is 6. The molecule has 0 amide bonds. The number of pyridine rings is 1. The summed E-state index contributed by atoms with van der Waals surface area (Å²) in [5.74, 6) is 0.644. The van der Waals surface area contributed by atoms with Gasteiger partial charge in [0.25, 0.3) is 5.56 Å². The van der Waals surface area contributed by atoms with Gasteiger partial charge in [0.05, 0.1) is 37.0 Å². The summed E-state index contributed by atoms with van der Waals surface area (Å²) in [6, 6.07) is 6.52. The zero-order valence-electron chi connectivity index (χ0n) is 20.6. The zero-order valence-corrected chi connectivity index (χ0v) is 20.6. The molecule has 0 atom stereocenters. The first kappa shape index (κ1) is 23.5. The highest BCUT2D eigenvalue weighted by atomic mass is 16.7. The number of benzene rings is 2. The number of ether oxygens (including phenoxy) is 5. The number of hydrogen-bond donors (Lipinski definition) is 0. The number of rotatable bonds is 6. The number of nitrogens with zero attached hydrogens (tertiary/aromatic N) is 2. The molecular formula is C27H26N2O8. The fourth-order valence-electron chi connectivity index (χ4n) is 5.31. The van der Waals surface area contributed by atoms with E-state index in [0.29, 0.717) is 70.8 Å². The predicted molar refractivity (Wildman–Crippen MR) is 133 cm³/mol. The van der Waals surface area contributed by atoms with E-state index in [1.165, 1.54) is 20.1 Å². The Morgan fingerprint density at radius 2 is 1.65 bits per heavy atom. The Morgan fingerprint density at radius 1 is 0.946 bits per heavy atom. The Kier molecular flexibility index (Phi) is 5.85. The highest BCUT2D eigenvalue weighted by Gasteiger charge is 2.36. The summed E-state index contributed by atoms with van der Waals surface area (Å²) in [5.41, 5.74) is 1.74. The third-order valence-corrected chi connectivity index (χ3v) is 7.01. The minimum atomic E-state index is -0.536. The molecule has 2 aromatic carbocycles. The fraction of sp³-hybridized carbons (Fsp3) is 0.370. The summed E-state index contributed by atoms with van der Waals surface area (Å²) in [6.45, 7) is 5.69. The quantitative estimate of drug-likeness (QED) is 0.288. The average Bonchev–Trinajstić information content (AvgIpc) is 3.47. The molecule has 10 nitrogen and oxygen atoms in total. The van der Waals surface area contributed by atoms with Gasteiger partial charge >= 0.3 is 5.97 Å². The van der Waals surface area contributed by atoms with Crippen molar-refractivity contribution >= 4 is 22.5 Å². The molecule has 0 N–H and O–H groups in total. The van der Waals surface area contributed by atoms with Gasteiger partial charge in [-0.05, 0) is 30.7 Å². The average molecular weight is 507 g/mol. The van der Waals surface area contributed by atoms with Crippen LogP contribution < -0.4 is 24.5 Å². The van der Waals surface area contributed by atoms with Crippen molar-refractivity contribution in [2.45, 2.75) is 19.9 Å². The molecular weight excluding hydrogens is 480 g/mol. The molecule has 0 unspecified atom stereocenters. The molecule has 3 heterocycles. The smallest absolute Gasteiger partial charge is 0.308 e. The van der Waals surface area contributed by atoms with E-state index in [1.807, 2.05) is 0 Å². The zero-order chi connectivity index (χ0) is 25.7. The van der Waals surface area contributed by atoms with Crippen LogP contribution in [0.3, 0.4) is 0 Å². The predicted octanol–water partition coefficient (Wildman–Crippen LogP) is 2.60. The van der Waals surface area contributed by atoms with Crippen molar-refractivity contribution in [3.63, 3.8) is 0 Å². The van der Waals surface area contributed by atoms with E-state index < -0.39 is 5.97 Å². The monoisotopic (exact) mass is 506 g/mol. The van der Waals surface area contributed by atoms with Gasteiger partial charge in [0.15, 0.2) is 28.8 Å². The van der Waals surface area contributed by atoms with Crippen molar-refractivity contribution in [3.05, 3.63) is 45.7 Å². The molecule has 2 aliphatic heterocycles. The Balaban J connectivity index is 1.53. The maximum absolute atomic E-state index is 13.9. The molecule has 1 fully saturated rings. The number of ketones is 1. The van der Waals surface area contributed by atoms with Crippen LogP contribution in [0.1, 0.15) is 29.3 Å². The van der Waals surface area contributed by atoms with Crippen LogP contribution in [0, 0.1) is 0 Å². The molecule has 3 aliphatic rings. The molecule has 37 heavy (non-hydrogen) atoms. The second-order valence-corrected chi connectivity index (χ2v) is 9.21. The number of carbonyl (C=O) groups is 2. The summed E-state index contributed by atoms with van der Waals surface area (Å²) in [6.07, 6.45) is 0.717. The van der Waals surface area contributed by atoms with Crippen LogP contribution >= 0.6 is 0 Å². The summed E-state index contributed by atoms with van der Waals surface area (Å²) in [5, 5.41) is 0.726. The van der Waals surface area contributed by atoms with Crippen LogP contribution in [-0.2, 0) is 16.1 Å². The van der Waals surface area contributed by atoms with Gasteiger partial charge in [-0.3, -0.25) is 19.3 Å². The standard InChI is InChI=1S/C27H26N2O8/c1-15(30)37-23-10-16-19(13-20(23)33-2)27(32)29(5-3-4-28-6-8-34-9-7-28)25-17-11-21-22(36-14-35-21)12-18(17)26(31)24(16)25/h10-13H,3-9,14H2,1-2H3. The van der Waals surface area contributed by atoms with Gasteiger partial charge in [-0.15, -0.1) is 0 Å². The topological polar surface area (TPSA) is 106 Å². The lowest BCUT2D eigenvalue weighted by Crippen LogP contribution is -2.37. The second-order valence-electron chi connectivity index (χ2n) is 9.21. The SMILES string of the molecule is COc1cc2c(=O)n(CCCN3CCOCC3)c3c(c2cc1OC(C)=O)C(=O)c1cc2c(cc1-3)OCO2. The van der Waals surface area contributed by atoms with Crippen LogP contribution in [0.15, 0.2) is 29.1 Å². The van der Waals surface area contributed by atoms with Crippen LogP contribution in [0.4, 0.5) is 0 Å². The van der Waals surface area contributed by atoms with E-state index in [0.717, 1.165) is 19.6 Å². The number of esters is 1. The first-order chi connectivity index (χ1) is 18.0. The Labute approximate surface area is 212 Å². The number of carbonyl (C=O) groups excluding carboxylic acids is 2. The number of hydrogen-bond acceptors (Lipinski definition) is 9. The normalized spacial score (nSPS) is 16.1. The number of morpholine rings is 1. The highest BCUT2D eigenvalue weighted by Crippen LogP contribution is 2.47. The van der Waals surface area contributed by atoms with Gasteiger partial charge < -0.3 is 28.3 Å². The lowest BCUT2D eigenvalue weighted by molar-refractivity contribution is -0.132. The van der Waals surface area contributed by atoms with Crippen molar-refractivity contribution in [3.8, 4) is 34.3 Å². The van der Waals surface area contributed by atoms with Crippen LogP contribution in [0.2, 0.25) is 0 Å². The third kappa shape index (κ3) is 3.93. The molecule has 10 heteroatoms. The van der Waals surface area contributed by atoms with Crippen molar-refractivity contribution in [1.82, 2.24) is 9.47 Å². The number of methoxy groups -OCH3 is 1. The summed E-state index contributed by atoms with van der Waals surface area (Å²) >= 11 is 0. The minimum Gasteiger partial charge on any atom is -0.493 e. The van der Waals surface area contributed by atoms with Gasteiger partial charge in [-0.2, -0.15) is 0 Å². The van der Waals surface area contributed by atoms with E-state index in [-0.39, 0.29) is 29.6 Å². The molecule has 0 bridgehead atoms. The Bertz CT molecular complexity index is 1500. The molecule has 192 valence electrons. The lowest BCUT2D eigenvalue weighted by Gasteiger charge is -2.26. The highest BCUT2D eigenvalue weighted by molar-refractivity contribution is 6.27. The molecule has 6 rings (SSSR count). The Hall–Kier alpha value is -3.89. The number of aromatic nitrogens is 1. The summed E-state index contributed by atoms with van der Waals surface area (Å²) < 4.78 is 28.9. The largest absolute Gasteiger partial charge is 0.493 e. The van der Waals surface area contributed by atoms with Crippen LogP contribution in [-0.4, -0.2) is 68.0 Å². The van der Waals surface area contributed by atoms with Gasteiger partial charge in [-0.25, -0.2) is 0 Å². The van der Waals surface area contributed by atoms with E-state index in [9.17, 15) is 14.4 Å². The molecule has 1 saturated heterocycles. The van der Waals surface area contributed by atoms with Gasteiger partial charge in [0.1, 0.15) is 0 Å². The first-order valence-corrected chi connectivity index (χ1v) is 12.2. The van der Waals surface area contributed by atoms with E-state index in [1.54, 1.807) is 22.8 Å². The molecule has 0 saturated carbocycles. The maximum Gasteiger partial charge on any atom is 0.308 e. The van der Waals surface area contributed by atoms with Crippen molar-refractivity contribution in [2.24, 2.45) is 0 Å². The second kappa shape index (κ2) is 9.20. The van der Waals surface area contributed by atoms with E-state index in [4.69, 9.17) is 23.7 Å².